The van der Waals surface area contributed by atoms with E-state index >= 15 is 0 Å². The van der Waals surface area contributed by atoms with Crippen LogP contribution in [0, 0.1) is 21.8 Å². The minimum absolute atomic E-state index is 0.320. The minimum Gasteiger partial charge on any atom is -0.313 e. The van der Waals surface area contributed by atoms with Gasteiger partial charge in [0.25, 0.3) is 0 Å². The Labute approximate surface area is 100.0 Å². The third kappa shape index (κ3) is 4.11. The number of hydrogen-bond acceptors (Lipinski definition) is 3. The van der Waals surface area contributed by atoms with Crippen LogP contribution in [-0.2, 0) is 6.54 Å². The van der Waals surface area contributed by atoms with Crippen LogP contribution in [0.3, 0.4) is 0 Å². The topological polar surface area (TPSA) is 55.2 Å². The van der Waals surface area contributed by atoms with Crippen LogP contribution in [0.5, 0.6) is 0 Å². The Hall–Kier alpha value is -1.49. The van der Waals surface area contributed by atoms with E-state index in [1.54, 1.807) is 6.07 Å². The summed E-state index contributed by atoms with van der Waals surface area (Å²) >= 11 is 0. The Morgan fingerprint density at radius 2 is 2.18 bits per heavy atom. The van der Waals surface area contributed by atoms with E-state index < -0.39 is 16.4 Å². The number of rotatable bonds is 6. The molecule has 1 aromatic carbocycles. The molecule has 1 aromatic rings. The average Bonchev–Trinajstić information content (AvgIpc) is 2.25. The Morgan fingerprint density at radius 3 is 2.76 bits per heavy atom. The molecule has 0 heterocycles. The maximum atomic E-state index is 13.6. The molecule has 1 rings (SSSR count). The molecular formula is C12H17FN2O2. The van der Waals surface area contributed by atoms with Crippen molar-refractivity contribution in [3.63, 3.8) is 0 Å². The summed E-state index contributed by atoms with van der Waals surface area (Å²) in [6, 6.07) is 4.23. The van der Waals surface area contributed by atoms with Crippen molar-refractivity contribution in [2.45, 2.75) is 26.8 Å². The van der Waals surface area contributed by atoms with Crippen LogP contribution in [0.15, 0.2) is 18.2 Å². The minimum atomic E-state index is -0.741. The average molecular weight is 240 g/mol. The number of nitrogens with one attached hydrogen (secondary N) is 1. The highest BCUT2D eigenvalue weighted by molar-refractivity contribution is 5.36. The molecule has 0 aromatic heterocycles. The normalized spacial score (nSPS) is 10.8. The van der Waals surface area contributed by atoms with Gasteiger partial charge in [-0.1, -0.05) is 26.0 Å². The van der Waals surface area contributed by atoms with E-state index in [9.17, 15) is 14.5 Å². The first-order chi connectivity index (χ1) is 8.02. The van der Waals surface area contributed by atoms with Crippen LogP contribution >= 0.6 is 0 Å². The van der Waals surface area contributed by atoms with Crippen molar-refractivity contribution in [2.75, 3.05) is 6.54 Å². The van der Waals surface area contributed by atoms with Crippen molar-refractivity contribution in [2.24, 2.45) is 5.92 Å². The van der Waals surface area contributed by atoms with Crippen molar-refractivity contribution in [1.82, 2.24) is 5.32 Å². The van der Waals surface area contributed by atoms with Gasteiger partial charge in [0.15, 0.2) is 0 Å². The Balaban J connectivity index is 2.59. The summed E-state index contributed by atoms with van der Waals surface area (Å²) in [5.41, 5.74) is -0.129. The summed E-state index contributed by atoms with van der Waals surface area (Å²) < 4.78 is 13.6. The molecule has 94 valence electrons. The summed E-state index contributed by atoms with van der Waals surface area (Å²) in [6.07, 6.45) is 0.997. The van der Waals surface area contributed by atoms with E-state index in [4.69, 9.17) is 0 Å². The molecular weight excluding hydrogens is 223 g/mol. The molecule has 0 atom stereocenters. The van der Waals surface area contributed by atoms with Crippen molar-refractivity contribution in [3.05, 3.63) is 39.7 Å². The van der Waals surface area contributed by atoms with Gasteiger partial charge < -0.3 is 5.32 Å². The van der Waals surface area contributed by atoms with E-state index in [-0.39, 0.29) is 0 Å². The summed E-state index contributed by atoms with van der Waals surface area (Å²) in [7, 11) is 0. The SMILES string of the molecule is CC(C)CCNCc1cccc([N+](=O)[O-])c1F. The standard InChI is InChI=1S/C12H17FN2O2/c1-9(2)6-7-14-8-10-4-3-5-11(12(10)13)15(16)17/h3-5,9,14H,6-8H2,1-2H3. The van der Waals surface area contributed by atoms with Crippen molar-refractivity contribution < 1.29 is 9.31 Å². The number of nitro groups is 1. The third-order valence-electron chi connectivity index (χ3n) is 2.47. The van der Waals surface area contributed by atoms with Crippen LogP contribution in [-0.4, -0.2) is 11.5 Å². The van der Waals surface area contributed by atoms with Gasteiger partial charge in [-0.3, -0.25) is 10.1 Å². The fraction of sp³-hybridized carbons (Fsp3) is 0.500. The van der Waals surface area contributed by atoms with Crippen LogP contribution < -0.4 is 5.32 Å². The molecule has 0 saturated heterocycles. The van der Waals surface area contributed by atoms with Gasteiger partial charge in [0.2, 0.25) is 5.82 Å². The monoisotopic (exact) mass is 240 g/mol. The Morgan fingerprint density at radius 1 is 1.47 bits per heavy atom. The maximum Gasteiger partial charge on any atom is 0.305 e. The number of halogens is 1. The number of benzene rings is 1. The smallest absolute Gasteiger partial charge is 0.305 e. The fourth-order valence-corrected chi connectivity index (χ4v) is 1.46. The van der Waals surface area contributed by atoms with Crippen molar-refractivity contribution >= 4 is 5.69 Å². The van der Waals surface area contributed by atoms with Crippen molar-refractivity contribution in [3.8, 4) is 0 Å². The number of nitrogens with zero attached hydrogens (tertiary/aromatic N) is 1. The lowest BCUT2D eigenvalue weighted by Gasteiger charge is -2.07. The van der Waals surface area contributed by atoms with E-state index in [2.05, 4.69) is 19.2 Å². The van der Waals surface area contributed by atoms with Gasteiger partial charge in [0, 0.05) is 18.2 Å². The molecule has 5 heteroatoms. The molecule has 4 nitrogen and oxygen atoms in total. The second kappa shape index (κ2) is 6.30. The zero-order valence-corrected chi connectivity index (χ0v) is 10.1. The fourth-order valence-electron chi connectivity index (χ4n) is 1.46. The molecule has 0 saturated carbocycles. The van der Waals surface area contributed by atoms with E-state index in [0.29, 0.717) is 18.0 Å². The summed E-state index contributed by atoms with van der Waals surface area (Å²) in [5, 5.41) is 13.6. The predicted molar refractivity (Wildman–Crippen MR) is 64.2 cm³/mol. The molecule has 0 aliphatic heterocycles. The van der Waals surface area contributed by atoms with Gasteiger partial charge in [-0.25, -0.2) is 0 Å². The second-order valence-electron chi connectivity index (χ2n) is 4.37. The van der Waals surface area contributed by atoms with E-state index in [1.165, 1.54) is 12.1 Å². The van der Waals surface area contributed by atoms with Crippen LogP contribution in [0.2, 0.25) is 0 Å². The zero-order chi connectivity index (χ0) is 12.8. The predicted octanol–water partition coefficient (Wildman–Crippen LogP) is 2.87. The van der Waals surface area contributed by atoms with Crippen LogP contribution in [0.1, 0.15) is 25.8 Å². The van der Waals surface area contributed by atoms with Gasteiger partial charge in [0.1, 0.15) is 0 Å². The highest BCUT2D eigenvalue weighted by atomic mass is 19.1. The van der Waals surface area contributed by atoms with Gasteiger partial charge in [-0.05, 0) is 18.9 Å². The summed E-state index contributed by atoms with van der Waals surface area (Å²) in [6.45, 7) is 5.31. The van der Waals surface area contributed by atoms with Gasteiger partial charge >= 0.3 is 5.69 Å². The third-order valence-corrected chi connectivity index (χ3v) is 2.47. The van der Waals surface area contributed by atoms with E-state index in [0.717, 1.165) is 13.0 Å². The Bertz CT molecular complexity index is 394. The molecule has 0 spiro atoms. The van der Waals surface area contributed by atoms with Gasteiger partial charge in [-0.15, -0.1) is 0 Å². The molecule has 0 amide bonds. The first-order valence-electron chi connectivity index (χ1n) is 5.65. The lowest BCUT2D eigenvalue weighted by Crippen LogP contribution is -2.17. The van der Waals surface area contributed by atoms with Gasteiger partial charge in [-0.2, -0.15) is 4.39 Å². The highest BCUT2D eigenvalue weighted by Gasteiger charge is 2.16. The number of nitro benzene ring substituents is 1. The summed E-state index contributed by atoms with van der Waals surface area (Å²) in [4.78, 5) is 9.84. The van der Waals surface area contributed by atoms with Crippen molar-refractivity contribution in [1.29, 1.82) is 0 Å². The zero-order valence-electron chi connectivity index (χ0n) is 10.1. The molecule has 0 unspecified atom stereocenters. The largest absolute Gasteiger partial charge is 0.313 e. The van der Waals surface area contributed by atoms with Crippen LogP contribution in [0.25, 0.3) is 0 Å². The quantitative estimate of drug-likeness (QED) is 0.472. The number of hydrogen-bond donors (Lipinski definition) is 1. The molecule has 0 bridgehead atoms. The first-order valence-corrected chi connectivity index (χ1v) is 5.65. The van der Waals surface area contributed by atoms with E-state index in [1.807, 2.05) is 0 Å². The Kier molecular flexibility index (Phi) is 5.03. The first kappa shape index (κ1) is 13.6. The molecule has 17 heavy (non-hydrogen) atoms. The highest BCUT2D eigenvalue weighted by Crippen LogP contribution is 2.19. The second-order valence-corrected chi connectivity index (χ2v) is 4.37. The lowest BCUT2D eigenvalue weighted by atomic mass is 10.1. The molecule has 0 aliphatic carbocycles. The van der Waals surface area contributed by atoms with Gasteiger partial charge in [0.05, 0.1) is 4.92 Å². The lowest BCUT2D eigenvalue weighted by molar-refractivity contribution is -0.387. The molecule has 0 aliphatic rings. The van der Waals surface area contributed by atoms with Crippen LogP contribution in [0.4, 0.5) is 10.1 Å². The molecule has 0 radical (unpaired) electrons. The molecule has 1 N–H and O–H groups in total. The molecule has 0 fully saturated rings. The maximum absolute atomic E-state index is 13.6. The summed E-state index contributed by atoms with van der Waals surface area (Å²) in [5.74, 6) is -0.160.